The second-order valence-corrected chi connectivity index (χ2v) is 10.4. The van der Waals surface area contributed by atoms with Gasteiger partial charge in [0, 0.05) is 44.1 Å². The van der Waals surface area contributed by atoms with Gasteiger partial charge in [-0.1, -0.05) is 0 Å². The van der Waals surface area contributed by atoms with Crippen LogP contribution in [0.15, 0.2) is 24.5 Å². The Labute approximate surface area is 212 Å². The third-order valence-electron chi connectivity index (χ3n) is 7.74. The minimum Gasteiger partial charge on any atom is -0.472 e. The van der Waals surface area contributed by atoms with Crippen LogP contribution in [0.2, 0.25) is 0 Å². The SMILES string of the molecule is CCNc1cc2c(cn1)c(N1CCC(N(C)C)CC1)nn2C1CCC(Oc2nccc(C)c2F)CC1. The standard InChI is InChI=1S/C27H38FN7O/c1-5-29-24-16-23-22(17-31-24)26(34-14-11-19(12-15-34)33(3)4)32-35(23)20-6-8-21(9-7-20)36-27-25(28)18(2)10-13-30-27/h10,13,16-17,19-21H,5-9,11-12,14-15H2,1-4H3,(H,29,31). The van der Waals surface area contributed by atoms with E-state index in [1.54, 1.807) is 19.2 Å². The van der Waals surface area contributed by atoms with Crippen molar-refractivity contribution >= 4 is 22.5 Å². The highest BCUT2D eigenvalue weighted by Crippen LogP contribution is 2.37. The number of pyridine rings is 2. The maximum Gasteiger partial charge on any atom is 0.250 e. The van der Waals surface area contributed by atoms with E-state index in [0.29, 0.717) is 11.6 Å². The first kappa shape index (κ1) is 24.7. The van der Waals surface area contributed by atoms with Crippen LogP contribution in [-0.2, 0) is 0 Å². The topological polar surface area (TPSA) is 71.3 Å². The normalized spacial score (nSPS) is 21.3. The average Bonchev–Trinajstić information content (AvgIpc) is 3.26. The van der Waals surface area contributed by atoms with Crippen molar-refractivity contribution < 1.29 is 9.13 Å². The van der Waals surface area contributed by atoms with Gasteiger partial charge in [0.15, 0.2) is 11.6 Å². The number of ether oxygens (including phenoxy) is 1. The minimum atomic E-state index is -0.358. The highest BCUT2D eigenvalue weighted by molar-refractivity contribution is 5.91. The van der Waals surface area contributed by atoms with Crippen LogP contribution < -0.4 is 15.0 Å². The molecule has 194 valence electrons. The molecule has 9 heteroatoms. The van der Waals surface area contributed by atoms with Crippen LogP contribution in [0.1, 0.15) is 57.1 Å². The summed E-state index contributed by atoms with van der Waals surface area (Å²) in [5.74, 6) is 1.68. The number of aryl methyl sites for hydroxylation is 1. The van der Waals surface area contributed by atoms with Crippen molar-refractivity contribution in [2.45, 2.75) is 70.6 Å². The van der Waals surface area contributed by atoms with E-state index in [2.05, 4.69) is 56.9 Å². The van der Waals surface area contributed by atoms with Gasteiger partial charge in [-0.05, 0) is 78.1 Å². The molecule has 0 bridgehead atoms. The van der Waals surface area contributed by atoms with E-state index < -0.39 is 0 Å². The number of piperidine rings is 1. The lowest BCUT2D eigenvalue weighted by molar-refractivity contribution is 0.120. The fourth-order valence-corrected chi connectivity index (χ4v) is 5.56. The van der Waals surface area contributed by atoms with E-state index in [9.17, 15) is 4.39 Å². The van der Waals surface area contributed by atoms with Crippen molar-refractivity contribution in [3.8, 4) is 5.88 Å². The largest absolute Gasteiger partial charge is 0.472 e. The molecule has 2 fully saturated rings. The lowest BCUT2D eigenvalue weighted by atomic mass is 9.93. The summed E-state index contributed by atoms with van der Waals surface area (Å²) in [5, 5.41) is 9.65. The number of rotatable bonds is 7. The Bertz CT molecular complexity index is 1180. The van der Waals surface area contributed by atoms with Crippen LogP contribution in [0.3, 0.4) is 0 Å². The van der Waals surface area contributed by atoms with E-state index in [4.69, 9.17) is 9.84 Å². The molecule has 3 aromatic heterocycles. The molecular weight excluding hydrogens is 457 g/mol. The molecule has 8 nitrogen and oxygen atoms in total. The molecule has 1 N–H and O–H groups in total. The molecule has 0 unspecified atom stereocenters. The van der Waals surface area contributed by atoms with E-state index in [1.807, 2.05) is 6.20 Å². The Morgan fingerprint density at radius 3 is 2.56 bits per heavy atom. The van der Waals surface area contributed by atoms with E-state index >= 15 is 0 Å². The number of fused-ring (bicyclic) bond motifs is 1. The molecule has 2 aliphatic rings. The number of aromatic nitrogens is 4. The fourth-order valence-electron chi connectivity index (χ4n) is 5.56. The zero-order valence-corrected chi connectivity index (χ0v) is 21.9. The second-order valence-electron chi connectivity index (χ2n) is 10.4. The maximum atomic E-state index is 14.4. The molecule has 1 aliphatic heterocycles. The quantitative estimate of drug-likeness (QED) is 0.505. The van der Waals surface area contributed by atoms with Crippen LogP contribution >= 0.6 is 0 Å². The third kappa shape index (κ3) is 4.98. The van der Waals surface area contributed by atoms with Gasteiger partial charge in [-0.3, -0.25) is 4.68 Å². The summed E-state index contributed by atoms with van der Waals surface area (Å²) in [4.78, 5) is 13.5. The summed E-state index contributed by atoms with van der Waals surface area (Å²) in [6, 6.07) is 4.69. The van der Waals surface area contributed by atoms with Crippen molar-refractivity contribution in [3.05, 3.63) is 35.9 Å². The molecule has 36 heavy (non-hydrogen) atoms. The highest BCUT2D eigenvalue weighted by atomic mass is 19.1. The van der Waals surface area contributed by atoms with Crippen LogP contribution in [0.4, 0.5) is 16.0 Å². The summed E-state index contributed by atoms with van der Waals surface area (Å²) in [5.41, 5.74) is 1.69. The number of nitrogens with one attached hydrogen (secondary N) is 1. The van der Waals surface area contributed by atoms with Crippen molar-refractivity contribution in [2.24, 2.45) is 0 Å². The van der Waals surface area contributed by atoms with Crippen molar-refractivity contribution in [1.82, 2.24) is 24.6 Å². The summed E-state index contributed by atoms with van der Waals surface area (Å²) >= 11 is 0. The molecule has 0 aromatic carbocycles. The highest BCUT2D eigenvalue weighted by Gasteiger charge is 2.30. The van der Waals surface area contributed by atoms with Crippen molar-refractivity contribution in [1.29, 1.82) is 0 Å². The Balaban J connectivity index is 1.36. The number of nitrogens with zero attached hydrogens (tertiary/aromatic N) is 6. The summed E-state index contributed by atoms with van der Waals surface area (Å²) in [6.07, 6.45) is 9.36. The molecule has 0 amide bonds. The molecule has 1 aliphatic carbocycles. The first-order valence-corrected chi connectivity index (χ1v) is 13.3. The zero-order valence-electron chi connectivity index (χ0n) is 21.9. The number of hydrogen-bond donors (Lipinski definition) is 1. The molecule has 0 atom stereocenters. The Hall–Kier alpha value is -2.94. The lowest BCUT2D eigenvalue weighted by Crippen LogP contribution is -2.42. The molecule has 0 spiro atoms. The molecule has 5 rings (SSSR count). The number of anilines is 2. The van der Waals surface area contributed by atoms with Gasteiger partial charge < -0.3 is 19.9 Å². The van der Waals surface area contributed by atoms with Crippen molar-refractivity contribution in [2.75, 3.05) is 43.9 Å². The predicted octanol–water partition coefficient (Wildman–Crippen LogP) is 4.80. The van der Waals surface area contributed by atoms with E-state index in [1.165, 1.54) is 0 Å². The Kier molecular flexibility index (Phi) is 7.27. The van der Waals surface area contributed by atoms with Crippen LogP contribution in [0.25, 0.3) is 10.9 Å². The van der Waals surface area contributed by atoms with Gasteiger partial charge >= 0.3 is 0 Å². The zero-order chi connectivity index (χ0) is 25.2. The van der Waals surface area contributed by atoms with Gasteiger partial charge in [0.1, 0.15) is 11.9 Å². The third-order valence-corrected chi connectivity index (χ3v) is 7.74. The molecule has 1 saturated heterocycles. The lowest BCUT2D eigenvalue weighted by Gasteiger charge is -2.35. The van der Waals surface area contributed by atoms with Crippen LogP contribution in [0.5, 0.6) is 5.88 Å². The summed E-state index contributed by atoms with van der Waals surface area (Å²) in [7, 11) is 4.33. The molecule has 0 radical (unpaired) electrons. The van der Waals surface area contributed by atoms with Crippen LogP contribution in [-0.4, -0.2) is 70.5 Å². The first-order chi connectivity index (χ1) is 17.4. The Morgan fingerprint density at radius 2 is 1.86 bits per heavy atom. The number of hydrogen-bond acceptors (Lipinski definition) is 7. The van der Waals surface area contributed by atoms with Gasteiger partial charge in [-0.15, -0.1) is 0 Å². The summed E-state index contributed by atoms with van der Waals surface area (Å²) in [6.45, 7) is 6.64. The predicted molar refractivity (Wildman–Crippen MR) is 141 cm³/mol. The van der Waals surface area contributed by atoms with Crippen LogP contribution in [0, 0.1) is 12.7 Å². The van der Waals surface area contributed by atoms with Gasteiger partial charge in [0.2, 0.25) is 0 Å². The smallest absolute Gasteiger partial charge is 0.250 e. The monoisotopic (exact) mass is 495 g/mol. The van der Waals surface area contributed by atoms with E-state index in [0.717, 1.165) is 80.7 Å². The van der Waals surface area contributed by atoms with E-state index in [-0.39, 0.29) is 23.8 Å². The molecular formula is C27H38FN7O. The first-order valence-electron chi connectivity index (χ1n) is 13.3. The molecule has 3 aromatic rings. The summed E-state index contributed by atoms with van der Waals surface area (Å²) < 4.78 is 22.6. The van der Waals surface area contributed by atoms with Gasteiger partial charge in [0.05, 0.1) is 16.9 Å². The van der Waals surface area contributed by atoms with Gasteiger partial charge in [-0.2, -0.15) is 5.10 Å². The fraction of sp³-hybridized carbons (Fsp3) is 0.593. The second kappa shape index (κ2) is 10.6. The number of halogens is 1. The molecule has 4 heterocycles. The molecule has 1 saturated carbocycles. The average molecular weight is 496 g/mol. The minimum absolute atomic E-state index is 0.0320. The maximum absolute atomic E-state index is 14.4. The Morgan fingerprint density at radius 1 is 1.11 bits per heavy atom. The van der Waals surface area contributed by atoms with Gasteiger partial charge in [0.25, 0.3) is 5.88 Å². The van der Waals surface area contributed by atoms with Crippen molar-refractivity contribution in [3.63, 3.8) is 0 Å². The van der Waals surface area contributed by atoms with Gasteiger partial charge in [-0.25, -0.2) is 14.4 Å².